The highest BCUT2D eigenvalue weighted by molar-refractivity contribution is 6.01. The van der Waals surface area contributed by atoms with Gasteiger partial charge in [-0.05, 0) is 63.6 Å². The lowest BCUT2D eigenvalue weighted by Gasteiger charge is -2.33. The second-order valence-electron chi connectivity index (χ2n) is 8.04. The number of carbonyl (C=O) groups is 2. The molecule has 2 heterocycles. The average Bonchev–Trinajstić information content (AvgIpc) is 3.08. The van der Waals surface area contributed by atoms with Crippen LogP contribution in [0.25, 0.3) is 11.0 Å². The molecule has 1 aromatic carbocycles. The Morgan fingerprint density at radius 2 is 2.11 bits per heavy atom. The van der Waals surface area contributed by atoms with Gasteiger partial charge < -0.3 is 25.1 Å². The summed E-state index contributed by atoms with van der Waals surface area (Å²) in [5.74, 6) is 0.416. The SMILES string of the molecule is CC(C)(C)OC(=O)N1CCC(Cc2cc(NC=O)c3occc3c2N)CC1. The number of hydrogen-bond donors (Lipinski definition) is 2. The molecule has 1 saturated heterocycles. The van der Waals surface area contributed by atoms with Crippen molar-refractivity contribution in [3.8, 4) is 0 Å². The Morgan fingerprint density at radius 1 is 1.41 bits per heavy atom. The molecule has 0 bridgehead atoms. The molecule has 2 amide bonds. The highest BCUT2D eigenvalue weighted by Crippen LogP contribution is 2.35. The molecule has 27 heavy (non-hydrogen) atoms. The summed E-state index contributed by atoms with van der Waals surface area (Å²) in [6, 6.07) is 3.70. The first kappa shape index (κ1) is 19.1. The van der Waals surface area contributed by atoms with Gasteiger partial charge in [0.1, 0.15) is 5.60 Å². The number of likely N-dealkylation sites (tertiary alicyclic amines) is 1. The number of nitrogen functional groups attached to an aromatic ring is 1. The van der Waals surface area contributed by atoms with Gasteiger partial charge in [0.05, 0.1) is 12.0 Å². The summed E-state index contributed by atoms with van der Waals surface area (Å²) in [7, 11) is 0. The Kier molecular flexibility index (Phi) is 5.30. The molecule has 1 aromatic heterocycles. The van der Waals surface area contributed by atoms with E-state index in [9.17, 15) is 9.59 Å². The fourth-order valence-electron chi connectivity index (χ4n) is 3.52. The number of nitrogens with zero attached hydrogens (tertiary/aromatic N) is 1. The quantitative estimate of drug-likeness (QED) is 0.628. The van der Waals surface area contributed by atoms with E-state index in [1.807, 2.05) is 32.9 Å². The molecule has 3 N–H and O–H groups in total. The molecule has 1 aliphatic rings. The van der Waals surface area contributed by atoms with Crippen molar-refractivity contribution in [2.24, 2.45) is 5.92 Å². The van der Waals surface area contributed by atoms with Crippen LogP contribution in [0.2, 0.25) is 0 Å². The zero-order valence-corrected chi connectivity index (χ0v) is 16.1. The Labute approximate surface area is 158 Å². The summed E-state index contributed by atoms with van der Waals surface area (Å²) in [5.41, 5.74) is 8.73. The maximum atomic E-state index is 12.2. The van der Waals surface area contributed by atoms with Crippen LogP contribution in [0.5, 0.6) is 0 Å². The number of piperidine rings is 1. The first-order valence-electron chi connectivity index (χ1n) is 9.25. The normalized spacial score (nSPS) is 15.7. The van der Waals surface area contributed by atoms with Gasteiger partial charge in [0.25, 0.3) is 0 Å². The summed E-state index contributed by atoms with van der Waals surface area (Å²) in [6.07, 6.45) is 4.52. The van der Waals surface area contributed by atoms with Crippen LogP contribution in [-0.4, -0.2) is 36.1 Å². The molecule has 0 aliphatic carbocycles. The number of rotatable bonds is 4. The second-order valence-corrected chi connectivity index (χ2v) is 8.04. The van der Waals surface area contributed by atoms with E-state index in [1.165, 1.54) is 0 Å². The van der Waals surface area contributed by atoms with E-state index in [1.54, 1.807) is 11.2 Å². The Morgan fingerprint density at radius 3 is 2.74 bits per heavy atom. The van der Waals surface area contributed by atoms with Crippen LogP contribution in [0.15, 0.2) is 22.8 Å². The van der Waals surface area contributed by atoms with Crippen LogP contribution in [-0.2, 0) is 16.0 Å². The number of benzene rings is 1. The lowest BCUT2D eigenvalue weighted by atomic mass is 9.89. The van der Waals surface area contributed by atoms with E-state index >= 15 is 0 Å². The van der Waals surface area contributed by atoms with Crippen LogP contribution >= 0.6 is 0 Å². The molecule has 146 valence electrons. The molecule has 0 saturated carbocycles. The average molecular weight is 373 g/mol. The van der Waals surface area contributed by atoms with Gasteiger partial charge in [-0.15, -0.1) is 0 Å². The first-order valence-corrected chi connectivity index (χ1v) is 9.25. The maximum Gasteiger partial charge on any atom is 0.410 e. The van der Waals surface area contributed by atoms with Gasteiger partial charge in [0.15, 0.2) is 5.58 Å². The van der Waals surface area contributed by atoms with Crippen molar-refractivity contribution < 1.29 is 18.7 Å². The third-order valence-corrected chi connectivity index (χ3v) is 4.85. The van der Waals surface area contributed by atoms with Gasteiger partial charge in [0.2, 0.25) is 6.41 Å². The van der Waals surface area contributed by atoms with Gasteiger partial charge >= 0.3 is 6.09 Å². The van der Waals surface area contributed by atoms with E-state index in [-0.39, 0.29) is 6.09 Å². The predicted molar refractivity (Wildman–Crippen MR) is 105 cm³/mol. The summed E-state index contributed by atoms with van der Waals surface area (Å²) in [6.45, 7) is 6.96. The molecule has 7 heteroatoms. The summed E-state index contributed by atoms with van der Waals surface area (Å²) < 4.78 is 10.9. The lowest BCUT2D eigenvalue weighted by Crippen LogP contribution is -2.42. The number of ether oxygens (including phenoxy) is 1. The summed E-state index contributed by atoms with van der Waals surface area (Å²) >= 11 is 0. The lowest BCUT2D eigenvalue weighted by molar-refractivity contribution is -0.105. The van der Waals surface area contributed by atoms with Crippen LogP contribution < -0.4 is 11.1 Å². The van der Waals surface area contributed by atoms with Crippen molar-refractivity contribution in [1.82, 2.24) is 4.90 Å². The number of anilines is 2. The molecule has 0 radical (unpaired) electrons. The van der Waals surface area contributed by atoms with Crippen molar-refractivity contribution in [2.75, 3.05) is 24.1 Å². The van der Waals surface area contributed by atoms with Crippen molar-refractivity contribution >= 4 is 34.8 Å². The van der Waals surface area contributed by atoms with Crippen LogP contribution in [0.4, 0.5) is 16.2 Å². The smallest absolute Gasteiger partial charge is 0.410 e. The zero-order valence-electron chi connectivity index (χ0n) is 16.1. The monoisotopic (exact) mass is 373 g/mol. The minimum Gasteiger partial charge on any atom is -0.462 e. The van der Waals surface area contributed by atoms with Gasteiger partial charge in [-0.25, -0.2) is 4.79 Å². The number of furan rings is 1. The predicted octanol–water partition coefficient (Wildman–Crippen LogP) is 3.77. The topological polar surface area (TPSA) is 97.8 Å². The molecule has 1 aliphatic heterocycles. The summed E-state index contributed by atoms with van der Waals surface area (Å²) in [5, 5.41) is 3.49. The largest absolute Gasteiger partial charge is 0.462 e. The summed E-state index contributed by atoms with van der Waals surface area (Å²) in [4.78, 5) is 24.9. The minimum absolute atomic E-state index is 0.252. The number of fused-ring (bicyclic) bond motifs is 1. The van der Waals surface area contributed by atoms with Gasteiger partial charge in [-0.1, -0.05) is 0 Å². The van der Waals surface area contributed by atoms with Crippen molar-refractivity contribution in [3.05, 3.63) is 24.0 Å². The van der Waals surface area contributed by atoms with Gasteiger partial charge in [0, 0.05) is 24.2 Å². The third kappa shape index (κ3) is 4.35. The molecular formula is C20H27N3O4. The Balaban J connectivity index is 1.68. The fraction of sp³-hybridized carbons (Fsp3) is 0.500. The molecule has 2 aromatic rings. The van der Waals surface area contributed by atoms with Crippen molar-refractivity contribution in [2.45, 2.75) is 45.6 Å². The maximum absolute atomic E-state index is 12.2. The highest BCUT2D eigenvalue weighted by atomic mass is 16.6. The van der Waals surface area contributed by atoms with E-state index in [0.717, 1.165) is 30.2 Å². The zero-order chi connectivity index (χ0) is 19.6. The Bertz CT molecular complexity index is 830. The van der Waals surface area contributed by atoms with E-state index < -0.39 is 5.60 Å². The van der Waals surface area contributed by atoms with Crippen LogP contribution in [0, 0.1) is 5.92 Å². The van der Waals surface area contributed by atoms with E-state index in [4.69, 9.17) is 14.9 Å². The minimum atomic E-state index is -0.482. The molecule has 0 atom stereocenters. The van der Waals surface area contributed by atoms with E-state index in [2.05, 4.69) is 5.32 Å². The van der Waals surface area contributed by atoms with Crippen LogP contribution in [0.1, 0.15) is 39.2 Å². The number of amides is 2. The molecule has 7 nitrogen and oxygen atoms in total. The second kappa shape index (κ2) is 7.50. The van der Waals surface area contributed by atoms with E-state index in [0.29, 0.717) is 42.4 Å². The van der Waals surface area contributed by atoms with Gasteiger partial charge in [-0.3, -0.25) is 4.79 Å². The fourth-order valence-corrected chi connectivity index (χ4v) is 3.52. The van der Waals surface area contributed by atoms with Crippen molar-refractivity contribution in [1.29, 1.82) is 0 Å². The molecule has 0 unspecified atom stereocenters. The standard InChI is InChI=1S/C20H27N3O4/c1-20(2,3)27-19(25)23-7-4-13(5-8-23)10-14-11-16(22-12-24)18-15(17(14)21)6-9-26-18/h6,9,11-13H,4-5,7-8,10,21H2,1-3H3,(H,22,24). The highest BCUT2D eigenvalue weighted by Gasteiger charge is 2.27. The van der Waals surface area contributed by atoms with Crippen molar-refractivity contribution in [3.63, 3.8) is 0 Å². The number of carbonyl (C=O) groups excluding carboxylic acids is 2. The van der Waals surface area contributed by atoms with Crippen LogP contribution in [0.3, 0.4) is 0 Å². The Hall–Kier alpha value is -2.70. The molecule has 0 spiro atoms. The first-order chi connectivity index (χ1) is 12.8. The number of nitrogens with two attached hydrogens (primary N) is 1. The number of hydrogen-bond acceptors (Lipinski definition) is 5. The van der Waals surface area contributed by atoms with Gasteiger partial charge in [-0.2, -0.15) is 0 Å². The molecule has 1 fully saturated rings. The third-order valence-electron chi connectivity index (χ3n) is 4.85. The molecular weight excluding hydrogens is 346 g/mol. The number of nitrogens with one attached hydrogen (secondary N) is 1. The molecule has 3 rings (SSSR count).